The summed E-state index contributed by atoms with van der Waals surface area (Å²) in [7, 11) is 0. The lowest BCUT2D eigenvalue weighted by molar-refractivity contribution is 0.363. The van der Waals surface area contributed by atoms with Crippen LogP contribution >= 0.6 is 0 Å². The Balaban J connectivity index is 0.000000561. The van der Waals surface area contributed by atoms with Crippen LogP contribution in [0.2, 0.25) is 0 Å². The molecule has 0 aromatic rings. The van der Waals surface area contributed by atoms with Crippen LogP contribution in [0.15, 0.2) is 0 Å². The molecule has 2 heteroatoms. The Bertz CT molecular complexity index is 93.8. The molecule has 1 aliphatic rings. The molecule has 1 saturated carbocycles. The van der Waals surface area contributed by atoms with Gasteiger partial charge in [-0.05, 0) is 18.8 Å². The highest BCUT2D eigenvalue weighted by atomic mass is 15.2. The van der Waals surface area contributed by atoms with Gasteiger partial charge in [0.05, 0.1) is 0 Å². The Morgan fingerprint density at radius 1 is 1.08 bits per heavy atom. The molecule has 0 aliphatic heterocycles. The lowest BCUT2D eigenvalue weighted by atomic mass is 9.98. The van der Waals surface area contributed by atoms with Crippen molar-refractivity contribution in [3.05, 3.63) is 0 Å². The van der Waals surface area contributed by atoms with E-state index in [1.54, 1.807) is 0 Å². The first-order valence-corrected chi connectivity index (χ1v) is 5.30. The van der Waals surface area contributed by atoms with Crippen molar-refractivity contribution >= 4 is 0 Å². The van der Waals surface area contributed by atoms with Crippen LogP contribution < -0.4 is 11.3 Å². The van der Waals surface area contributed by atoms with Crippen LogP contribution in [0.3, 0.4) is 0 Å². The van der Waals surface area contributed by atoms with E-state index in [-0.39, 0.29) is 0 Å². The fourth-order valence-electron chi connectivity index (χ4n) is 1.74. The molecule has 0 saturated heterocycles. The van der Waals surface area contributed by atoms with Crippen LogP contribution in [0.5, 0.6) is 0 Å². The molecule has 2 atom stereocenters. The predicted octanol–water partition coefficient (Wildman–Crippen LogP) is 2.44. The fraction of sp³-hybridized carbons (Fsp3) is 1.00. The molecule has 0 aromatic heterocycles. The minimum atomic E-state index is 0.572. The second-order valence-corrected chi connectivity index (χ2v) is 3.39. The van der Waals surface area contributed by atoms with Gasteiger partial charge in [0.25, 0.3) is 0 Å². The summed E-state index contributed by atoms with van der Waals surface area (Å²) in [6.45, 7) is 6.29. The third kappa shape index (κ3) is 4.07. The van der Waals surface area contributed by atoms with Gasteiger partial charge in [-0.1, -0.05) is 40.0 Å². The SMILES string of the molecule is CC.CC1CCCCCC1NN. The molecule has 0 heterocycles. The highest BCUT2D eigenvalue weighted by Crippen LogP contribution is 2.21. The Hall–Kier alpha value is -0.0800. The van der Waals surface area contributed by atoms with Gasteiger partial charge in [-0.2, -0.15) is 0 Å². The third-order valence-electron chi connectivity index (χ3n) is 2.58. The molecule has 74 valence electrons. The van der Waals surface area contributed by atoms with Crippen molar-refractivity contribution in [3.8, 4) is 0 Å². The van der Waals surface area contributed by atoms with Crippen LogP contribution in [0, 0.1) is 5.92 Å². The summed E-state index contributed by atoms with van der Waals surface area (Å²) >= 11 is 0. The van der Waals surface area contributed by atoms with Crippen LogP contribution in [-0.2, 0) is 0 Å². The molecule has 2 nitrogen and oxygen atoms in total. The molecule has 0 amide bonds. The molecule has 12 heavy (non-hydrogen) atoms. The van der Waals surface area contributed by atoms with Crippen LogP contribution in [0.25, 0.3) is 0 Å². The van der Waals surface area contributed by atoms with Crippen LogP contribution in [0.4, 0.5) is 0 Å². The van der Waals surface area contributed by atoms with E-state index in [9.17, 15) is 0 Å². The first-order valence-electron chi connectivity index (χ1n) is 5.30. The molecule has 3 N–H and O–H groups in total. The normalized spacial score (nSPS) is 30.0. The second-order valence-electron chi connectivity index (χ2n) is 3.39. The van der Waals surface area contributed by atoms with Crippen LogP contribution in [-0.4, -0.2) is 6.04 Å². The molecule has 0 spiro atoms. The molecule has 1 rings (SSSR count). The highest BCUT2D eigenvalue weighted by Gasteiger charge is 2.17. The van der Waals surface area contributed by atoms with Crippen molar-refractivity contribution < 1.29 is 0 Å². The number of nitrogens with two attached hydrogens (primary N) is 1. The van der Waals surface area contributed by atoms with Crippen molar-refractivity contribution in [1.82, 2.24) is 5.43 Å². The molecule has 0 bridgehead atoms. The van der Waals surface area contributed by atoms with E-state index < -0.39 is 0 Å². The van der Waals surface area contributed by atoms with Crippen molar-refractivity contribution in [2.75, 3.05) is 0 Å². The minimum absolute atomic E-state index is 0.572. The minimum Gasteiger partial charge on any atom is -0.271 e. The number of hydrogen-bond acceptors (Lipinski definition) is 2. The predicted molar refractivity (Wildman–Crippen MR) is 54.7 cm³/mol. The van der Waals surface area contributed by atoms with Gasteiger partial charge < -0.3 is 0 Å². The number of hydrazine groups is 1. The van der Waals surface area contributed by atoms with Crippen molar-refractivity contribution in [1.29, 1.82) is 0 Å². The summed E-state index contributed by atoms with van der Waals surface area (Å²) in [6, 6.07) is 0.572. The van der Waals surface area contributed by atoms with E-state index in [1.807, 2.05) is 13.8 Å². The topological polar surface area (TPSA) is 38.0 Å². The fourth-order valence-corrected chi connectivity index (χ4v) is 1.74. The molecule has 1 aliphatic carbocycles. The average molecular weight is 172 g/mol. The summed E-state index contributed by atoms with van der Waals surface area (Å²) in [5.41, 5.74) is 2.89. The maximum atomic E-state index is 5.41. The maximum Gasteiger partial charge on any atom is 0.0236 e. The molecule has 0 aromatic carbocycles. The Morgan fingerprint density at radius 3 is 2.25 bits per heavy atom. The third-order valence-corrected chi connectivity index (χ3v) is 2.58. The van der Waals surface area contributed by atoms with Gasteiger partial charge in [-0.3, -0.25) is 11.3 Å². The zero-order valence-electron chi connectivity index (χ0n) is 8.77. The smallest absolute Gasteiger partial charge is 0.0236 e. The summed E-state index contributed by atoms with van der Waals surface area (Å²) < 4.78 is 0. The second kappa shape index (κ2) is 7.56. The molecule has 2 unspecified atom stereocenters. The van der Waals surface area contributed by atoms with E-state index in [0.29, 0.717) is 6.04 Å². The Labute approximate surface area is 76.9 Å². The van der Waals surface area contributed by atoms with Gasteiger partial charge in [-0.15, -0.1) is 0 Å². The first kappa shape index (κ1) is 11.9. The van der Waals surface area contributed by atoms with Gasteiger partial charge in [0.2, 0.25) is 0 Å². The van der Waals surface area contributed by atoms with Crippen molar-refractivity contribution in [2.24, 2.45) is 11.8 Å². The molecule has 0 radical (unpaired) electrons. The van der Waals surface area contributed by atoms with E-state index in [0.717, 1.165) is 5.92 Å². The van der Waals surface area contributed by atoms with Crippen molar-refractivity contribution in [2.45, 2.75) is 58.9 Å². The lowest BCUT2D eigenvalue weighted by Gasteiger charge is -2.19. The van der Waals surface area contributed by atoms with Crippen molar-refractivity contribution in [3.63, 3.8) is 0 Å². The van der Waals surface area contributed by atoms with E-state index >= 15 is 0 Å². The van der Waals surface area contributed by atoms with Gasteiger partial charge in [0.15, 0.2) is 0 Å². The van der Waals surface area contributed by atoms with E-state index in [1.165, 1.54) is 32.1 Å². The molecule has 1 fully saturated rings. The quantitative estimate of drug-likeness (QED) is 0.362. The van der Waals surface area contributed by atoms with Gasteiger partial charge in [-0.25, -0.2) is 0 Å². The zero-order valence-corrected chi connectivity index (χ0v) is 8.77. The molecular formula is C10H24N2. The largest absolute Gasteiger partial charge is 0.271 e. The standard InChI is InChI=1S/C8H18N2.C2H6/c1-7-5-3-2-4-6-8(7)10-9;1-2/h7-8,10H,2-6,9H2,1H3;1-2H3. The first-order chi connectivity index (χ1) is 5.84. The zero-order chi connectivity index (χ0) is 9.40. The lowest BCUT2D eigenvalue weighted by Crippen LogP contribution is -2.39. The average Bonchev–Trinajstić information content (AvgIpc) is 2.33. The highest BCUT2D eigenvalue weighted by molar-refractivity contribution is 4.73. The Kier molecular flexibility index (Phi) is 7.51. The van der Waals surface area contributed by atoms with Gasteiger partial charge >= 0.3 is 0 Å². The van der Waals surface area contributed by atoms with E-state index in [4.69, 9.17) is 5.84 Å². The number of rotatable bonds is 1. The summed E-state index contributed by atoms with van der Waals surface area (Å²) in [5.74, 6) is 6.18. The summed E-state index contributed by atoms with van der Waals surface area (Å²) in [4.78, 5) is 0. The number of hydrogen-bond donors (Lipinski definition) is 2. The number of nitrogens with one attached hydrogen (secondary N) is 1. The monoisotopic (exact) mass is 172 g/mol. The van der Waals surface area contributed by atoms with E-state index in [2.05, 4.69) is 12.3 Å². The summed E-state index contributed by atoms with van der Waals surface area (Å²) in [6.07, 6.45) is 6.73. The summed E-state index contributed by atoms with van der Waals surface area (Å²) in [5, 5.41) is 0. The molecular weight excluding hydrogens is 148 g/mol. The maximum absolute atomic E-state index is 5.41. The van der Waals surface area contributed by atoms with Crippen LogP contribution in [0.1, 0.15) is 52.9 Å². The van der Waals surface area contributed by atoms with Gasteiger partial charge in [0.1, 0.15) is 0 Å². The Morgan fingerprint density at radius 2 is 1.67 bits per heavy atom. The van der Waals surface area contributed by atoms with Gasteiger partial charge in [0, 0.05) is 6.04 Å².